The molecule has 3 amide bonds. The van der Waals surface area contributed by atoms with Gasteiger partial charge in [-0.05, 0) is 36.8 Å². The molecule has 1 fully saturated rings. The lowest BCUT2D eigenvalue weighted by molar-refractivity contribution is -0.115. The molecule has 1 aliphatic rings. The van der Waals surface area contributed by atoms with Gasteiger partial charge < -0.3 is 15.5 Å². The number of amides is 3. The Bertz CT molecular complexity index is 844. The van der Waals surface area contributed by atoms with Gasteiger partial charge >= 0.3 is 6.03 Å². The summed E-state index contributed by atoms with van der Waals surface area (Å²) in [7, 11) is 0. The summed E-state index contributed by atoms with van der Waals surface area (Å²) in [5.41, 5.74) is 2.44. The molecular formula is C22H26N4O3. The first-order chi connectivity index (χ1) is 14.0. The third-order valence-corrected chi connectivity index (χ3v) is 4.88. The molecule has 0 aromatic heterocycles. The van der Waals surface area contributed by atoms with Crippen LogP contribution in [0.15, 0.2) is 54.6 Å². The van der Waals surface area contributed by atoms with Crippen LogP contribution in [0.2, 0.25) is 0 Å². The highest BCUT2D eigenvalue weighted by molar-refractivity contribution is 5.96. The monoisotopic (exact) mass is 394 g/mol. The number of nitrogens with zero attached hydrogens (tertiary/aromatic N) is 2. The Morgan fingerprint density at radius 2 is 1.55 bits per heavy atom. The van der Waals surface area contributed by atoms with Crippen LogP contribution in [0, 0.1) is 0 Å². The van der Waals surface area contributed by atoms with E-state index in [0.29, 0.717) is 24.3 Å². The van der Waals surface area contributed by atoms with E-state index < -0.39 is 0 Å². The summed E-state index contributed by atoms with van der Waals surface area (Å²) in [4.78, 5) is 39.7. The van der Waals surface area contributed by atoms with Crippen molar-refractivity contribution in [3.05, 3.63) is 65.7 Å². The van der Waals surface area contributed by atoms with E-state index in [4.69, 9.17) is 0 Å². The van der Waals surface area contributed by atoms with E-state index in [1.807, 2.05) is 18.2 Å². The van der Waals surface area contributed by atoms with Crippen LogP contribution in [0.3, 0.4) is 0 Å². The molecular weight excluding hydrogens is 368 g/mol. The molecule has 7 nitrogen and oxygen atoms in total. The fraction of sp³-hybridized carbons (Fsp3) is 0.318. The van der Waals surface area contributed by atoms with E-state index in [1.54, 1.807) is 29.2 Å². The van der Waals surface area contributed by atoms with Crippen LogP contribution in [-0.2, 0) is 11.3 Å². The second kappa shape index (κ2) is 9.84. The number of carbonyl (C=O) groups is 3. The molecule has 29 heavy (non-hydrogen) atoms. The van der Waals surface area contributed by atoms with Crippen LogP contribution in [0.25, 0.3) is 0 Å². The molecule has 1 saturated heterocycles. The predicted molar refractivity (Wildman–Crippen MR) is 112 cm³/mol. The smallest absolute Gasteiger partial charge is 0.317 e. The number of Topliss-reactive ketones (excluding diaryl/α,β-unsaturated/α-hetero) is 1. The average molecular weight is 394 g/mol. The minimum atomic E-state index is -0.309. The first kappa shape index (κ1) is 20.5. The fourth-order valence-corrected chi connectivity index (χ4v) is 3.21. The lowest BCUT2D eigenvalue weighted by atomic mass is 10.1. The van der Waals surface area contributed by atoms with E-state index in [0.717, 1.165) is 19.6 Å². The molecule has 0 bridgehead atoms. The second-order valence-electron chi connectivity index (χ2n) is 7.09. The van der Waals surface area contributed by atoms with Gasteiger partial charge in [0.15, 0.2) is 5.78 Å². The third kappa shape index (κ3) is 6.15. The number of urea groups is 1. The van der Waals surface area contributed by atoms with Crippen LogP contribution in [0.5, 0.6) is 0 Å². The van der Waals surface area contributed by atoms with Crippen LogP contribution in [0.4, 0.5) is 10.5 Å². The van der Waals surface area contributed by atoms with Crippen molar-refractivity contribution < 1.29 is 14.4 Å². The van der Waals surface area contributed by atoms with E-state index in [2.05, 4.69) is 27.7 Å². The van der Waals surface area contributed by atoms with Crippen molar-refractivity contribution in [3.63, 3.8) is 0 Å². The number of carbonyl (C=O) groups excluding carboxylic acids is 3. The van der Waals surface area contributed by atoms with Gasteiger partial charge in [0.25, 0.3) is 0 Å². The van der Waals surface area contributed by atoms with Gasteiger partial charge in [-0.15, -0.1) is 0 Å². The van der Waals surface area contributed by atoms with Crippen LogP contribution in [-0.4, -0.2) is 60.2 Å². The molecule has 0 saturated carbocycles. The molecule has 0 atom stereocenters. The van der Waals surface area contributed by atoms with Crippen molar-refractivity contribution in [2.24, 2.45) is 0 Å². The molecule has 152 valence electrons. The maximum Gasteiger partial charge on any atom is 0.317 e. The standard InChI is InChI=1S/C22H26N4O3/c1-17(27)19-7-9-20(10-8-19)24-21(28)15-23-22(29)26-13-11-25(12-14-26)16-18-5-3-2-4-6-18/h2-10H,11-16H2,1H3,(H,23,29)(H,24,28). The Hall–Kier alpha value is -3.19. The van der Waals surface area contributed by atoms with E-state index in [9.17, 15) is 14.4 Å². The van der Waals surface area contributed by atoms with Gasteiger partial charge in [-0.3, -0.25) is 14.5 Å². The fourth-order valence-electron chi connectivity index (χ4n) is 3.21. The molecule has 2 aromatic rings. The zero-order valence-electron chi connectivity index (χ0n) is 16.6. The molecule has 2 aromatic carbocycles. The number of piperazine rings is 1. The summed E-state index contributed by atoms with van der Waals surface area (Å²) in [6.07, 6.45) is 0. The van der Waals surface area contributed by atoms with Crippen molar-refractivity contribution in [2.75, 3.05) is 38.0 Å². The average Bonchev–Trinajstić information content (AvgIpc) is 2.74. The van der Waals surface area contributed by atoms with Crippen LogP contribution in [0.1, 0.15) is 22.8 Å². The Morgan fingerprint density at radius 3 is 2.17 bits per heavy atom. The molecule has 0 aliphatic carbocycles. The molecule has 2 N–H and O–H groups in total. The Labute approximate surface area is 170 Å². The van der Waals surface area contributed by atoms with Crippen molar-refractivity contribution in [3.8, 4) is 0 Å². The van der Waals surface area contributed by atoms with Crippen molar-refractivity contribution in [1.29, 1.82) is 0 Å². The number of hydrogen-bond acceptors (Lipinski definition) is 4. The van der Waals surface area contributed by atoms with Crippen LogP contribution < -0.4 is 10.6 Å². The van der Waals surface area contributed by atoms with Gasteiger partial charge in [-0.1, -0.05) is 30.3 Å². The van der Waals surface area contributed by atoms with Gasteiger partial charge in [0.05, 0.1) is 6.54 Å². The molecule has 1 aliphatic heterocycles. The maximum atomic E-state index is 12.3. The number of anilines is 1. The summed E-state index contributed by atoms with van der Waals surface area (Å²) >= 11 is 0. The Balaban J connectivity index is 1.38. The lowest BCUT2D eigenvalue weighted by Crippen LogP contribution is -2.52. The van der Waals surface area contributed by atoms with Crippen LogP contribution >= 0.6 is 0 Å². The van der Waals surface area contributed by atoms with Gasteiger partial charge in [0.2, 0.25) is 5.91 Å². The summed E-state index contributed by atoms with van der Waals surface area (Å²) in [5.74, 6) is -0.337. The highest BCUT2D eigenvalue weighted by Gasteiger charge is 2.21. The molecule has 1 heterocycles. The number of rotatable bonds is 6. The second-order valence-corrected chi connectivity index (χ2v) is 7.09. The molecule has 0 radical (unpaired) electrons. The normalized spacial score (nSPS) is 14.3. The summed E-state index contributed by atoms with van der Waals surface area (Å²) in [6.45, 7) is 5.14. The van der Waals surface area contributed by atoms with E-state index in [-0.39, 0.29) is 24.3 Å². The zero-order valence-corrected chi connectivity index (χ0v) is 16.6. The maximum absolute atomic E-state index is 12.3. The first-order valence-corrected chi connectivity index (χ1v) is 9.71. The quantitative estimate of drug-likeness (QED) is 0.737. The minimum Gasteiger partial charge on any atom is -0.329 e. The number of benzene rings is 2. The Kier molecular flexibility index (Phi) is 6.97. The molecule has 0 unspecified atom stereocenters. The van der Waals surface area contributed by atoms with Gasteiger partial charge in [0.1, 0.15) is 0 Å². The third-order valence-electron chi connectivity index (χ3n) is 4.88. The van der Waals surface area contributed by atoms with E-state index in [1.165, 1.54) is 12.5 Å². The molecule has 0 spiro atoms. The number of ketones is 1. The van der Waals surface area contributed by atoms with Crippen molar-refractivity contribution >= 4 is 23.4 Å². The summed E-state index contributed by atoms with van der Waals surface area (Å²) < 4.78 is 0. The topological polar surface area (TPSA) is 81.8 Å². The van der Waals surface area contributed by atoms with Gasteiger partial charge in [-0.25, -0.2) is 4.79 Å². The highest BCUT2D eigenvalue weighted by Crippen LogP contribution is 2.10. The SMILES string of the molecule is CC(=O)c1ccc(NC(=O)CNC(=O)N2CCN(Cc3ccccc3)CC2)cc1. The summed E-state index contributed by atoms with van der Waals surface area (Å²) in [5, 5.41) is 5.38. The Morgan fingerprint density at radius 1 is 0.897 bits per heavy atom. The number of hydrogen-bond donors (Lipinski definition) is 2. The number of nitrogens with one attached hydrogen (secondary N) is 2. The van der Waals surface area contributed by atoms with Crippen molar-refractivity contribution in [1.82, 2.24) is 15.1 Å². The largest absolute Gasteiger partial charge is 0.329 e. The molecule has 7 heteroatoms. The van der Waals surface area contributed by atoms with Gasteiger partial charge in [-0.2, -0.15) is 0 Å². The van der Waals surface area contributed by atoms with Gasteiger partial charge in [0, 0.05) is 44.0 Å². The predicted octanol–water partition coefficient (Wildman–Crippen LogP) is 2.36. The van der Waals surface area contributed by atoms with Crippen molar-refractivity contribution in [2.45, 2.75) is 13.5 Å². The summed E-state index contributed by atoms with van der Waals surface area (Å²) in [6, 6.07) is 16.7. The lowest BCUT2D eigenvalue weighted by Gasteiger charge is -2.34. The first-order valence-electron chi connectivity index (χ1n) is 9.71. The zero-order chi connectivity index (χ0) is 20.6. The molecule has 3 rings (SSSR count). The highest BCUT2D eigenvalue weighted by atomic mass is 16.2. The minimum absolute atomic E-state index is 0.0287. The van der Waals surface area contributed by atoms with E-state index >= 15 is 0 Å².